The number of nitrogens with one attached hydrogen (secondary N) is 2. The molecule has 2 N–H and O–H groups in total. The quantitative estimate of drug-likeness (QED) is 0.445. The van der Waals surface area contributed by atoms with Crippen LogP contribution in [0.4, 0.5) is 5.69 Å². The van der Waals surface area contributed by atoms with Crippen LogP contribution < -0.4 is 10.6 Å². The van der Waals surface area contributed by atoms with Crippen LogP contribution in [-0.2, 0) is 17.7 Å². The highest BCUT2D eigenvalue weighted by Crippen LogP contribution is 2.21. The lowest BCUT2D eigenvalue weighted by molar-refractivity contribution is 0.0599. The van der Waals surface area contributed by atoms with E-state index in [9.17, 15) is 4.79 Å². The molecule has 1 heterocycles. The highest BCUT2D eigenvalue weighted by molar-refractivity contribution is 7.80. The Morgan fingerprint density at radius 3 is 2.53 bits per heavy atom. The van der Waals surface area contributed by atoms with E-state index in [2.05, 4.69) is 27.9 Å². The van der Waals surface area contributed by atoms with Crippen molar-refractivity contribution in [2.24, 2.45) is 0 Å². The van der Waals surface area contributed by atoms with Crippen LogP contribution in [0.5, 0.6) is 0 Å². The van der Waals surface area contributed by atoms with Gasteiger partial charge in [-0.05, 0) is 49.7 Å². The number of benzene rings is 2. The van der Waals surface area contributed by atoms with Crippen LogP contribution >= 0.6 is 12.2 Å². The molecule has 0 atom stereocenters. The van der Waals surface area contributed by atoms with E-state index in [4.69, 9.17) is 17.0 Å². The molecule has 0 aliphatic carbocycles. The fourth-order valence-electron chi connectivity index (χ4n) is 3.28. The summed E-state index contributed by atoms with van der Waals surface area (Å²) in [4.78, 5) is 12.0. The molecule has 0 aliphatic heterocycles. The minimum absolute atomic E-state index is 0.353. The van der Waals surface area contributed by atoms with Crippen molar-refractivity contribution in [3.05, 3.63) is 82.7 Å². The predicted octanol–water partition coefficient (Wildman–Crippen LogP) is 3.86. The van der Waals surface area contributed by atoms with Gasteiger partial charge in [-0.15, -0.1) is 0 Å². The van der Waals surface area contributed by atoms with Crippen molar-refractivity contribution in [2.75, 3.05) is 19.0 Å². The Labute approximate surface area is 182 Å². The van der Waals surface area contributed by atoms with E-state index < -0.39 is 0 Å². The van der Waals surface area contributed by atoms with Crippen molar-refractivity contribution in [3.8, 4) is 0 Å². The molecule has 2 aromatic carbocycles. The molecule has 0 saturated heterocycles. The van der Waals surface area contributed by atoms with Crippen molar-refractivity contribution < 1.29 is 9.53 Å². The van der Waals surface area contributed by atoms with Crippen LogP contribution in [0, 0.1) is 13.8 Å². The second kappa shape index (κ2) is 10.0. The van der Waals surface area contributed by atoms with E-state index >= 15 is 0 Å². The van der Waals surface area contributed by atoms with Crippen LogP contribution in [0.15, 0.2) is 54.6 Å². The number of esters is 1. The topological polar surface area (TPSA) is 68.2 Å². The molecule has 0 spiro atoms. The maximum Gasteiger partial charge on any atom is 0.338 e. The number of thiocarbonyl (C=S) groups is 1. The Hall–Kier alpha value is -3.19. The van der Waals surface area contributed by atoms with Gasteiger partial charge in [0.1, 0.15) is 0 Å². The standard InChI is InChI=1S/C23H26N4O2S/c1-16-21(25-23(30)24-14-13-18-9-5-4-6-10-18)17(2)27(26-16)15-19-11-7-8-12-20(19)22(28)29-3/h4-12H,13-15H2,1-3H3,(H2,24,25,30). The summed E-state index contributed by atoms with van der Waals surface area (Å²) in [5.74, 6) is -0.353. The molecule has 0 fully saturated rings. The molecule has 7 heteroatoms. The second-order valence-electron chi connectivity index (χ2n) is 6.97. The molecule has 3 aromatic rings. The van der Waals surface area contributed by atoms with Gasteiger partial charge in [-0.3, -0.25) is 4.68 Å². The van der Waals surface area contributed by atoms with Crippen molar-refractivity contribution in [2.45, 2.75) is 26.8 Å². The van der Waals surface area contributed by atoms with Gasteiger partial charge in [0.25, 0.3) is 0 Å². The van der Waals surface area contributed by atoms with Gasteiger partial charge in [0.05, 0.1) is 36.3 Å². The summed E-state index contributed by atoms with van der Waals surface area (Å²) in [5, 5.41) is 11.7. The van der Waals surface area contributed by atoms with Gasteiger partial charge in [-0.2, -0.15) is 5.10 Å². The molecule has 0 saturated carbocycles. The maximum atomic E-state index is 12.0. The van der Waals surface area contributed by atoms with Crippen LogP contribution in [0.3, 0.4) is 0 Å². The zero-order chi connectivity index (χ0) is 21.5. The number of carbonyl (C=O) groups is 1. The van der Waals surface area contributed by atoms with Crippen LogP contribution in [0.1, 0.15) is 32.9 Å². The summed E-state index contributed by atoms with van der Waals surface area (Å²) < 4.78 is 6.76. The van der Waals surface area contributed by atoms with E-state index in [1.165, 1.54) is 12.7 Å². The second-order valence-corrected chi connectivity index (χ2v) is 7.38. The summed E-state index contributed by atoms with van der Waals surface area (Å²) in [6, 6.07) is 17.7. The third kappa shape index (κ3) is 5.24. The van der Waals surface area contributed by atoms with Gasteiger partial charge < -0.3 is 15.4 Å². The smallest absolute Gasteiger partial charge is 0.338 e. The Bertz CT molecular complexity index is 1030. The lowest BCUT2D eigenvalue weighted by Crippen LogP contribution is -2.30. The highest BCUT2D eigenvalue weighted by Gasteiger charge is 2.16. The maximum absolute atomic E-state index is 12.0. The average Bonchev–Trinajstić information content (AvgIpc) is 3.01. The number of aromatic nitrogens is 2. The molecular weight excluding hydrogens is 396 g/mol. The van der Waals surface area contributed by atoms with E-state index in [-0.39, 0.29) is 5.97 Å². The predicted molar refractivity (Wildman–Crippen MR) is 123 cm³/mol. The van der Waals surface area contributed by atoms with Gasteiger partial charge in [-0.1, -0.05) is 48.5 Å². The fraction of sp³-hybridized carbons (Fsp3) is 0.261. The van der Waals surface area contributed by atoms with E-state index in [0.29, 0.717) is 17.2 Å². The number of anilines is 1. The number of hydrogen-bond acceptors (Lipinski definition) is 4. The first-order chi connectivity index (χ1) is 14.5. The zero-order valence-corrected chi connectivity index (χ0v) is 18.3. The van der Waals surface area contributed by atoms with Gasteiger partial charge in [-0.25, -0.2) is 4.79 Å². The lowest BCUT2D eigenvalue weighted by Gasteiger charge is -2.12. The van der Waals surface area contributed by atoms with E-state index in [0.717, 1.165) is 35.6 Å². The largest absolute Gasteiger partial charge is 0.465 e. The Kier molecular flexibility index (Phi) is 7.19. The van der Waals surface area contributed by atoms with Crippen LogP contribution in [0.25, 0.3) is 0 Å². The van der Waals surface area contributed by atoms with Crippen molar-refractivity contribution in [3.63, 3.8) is 0 Å². The average molecular weight is 423 g/mol. The first-order valence-electron chi connectivity index (χ1n) is 9.78. The molecule has 0 bridgehead atoms. The normalized spacial score (nSPS) is 10.5. The molecule has 156 valence electrons. The number of ether oxygens (including phenoxy) is 1. The molecule has 30 heavy (non-hydrogen) atoms. The fourth-order valence-corrected chi connectivity index (χ4v) is 3.49. The Morgan fingerprint density at radius 1 is 1.10 bits per heavy atom. The molecule has 0 aliphatic rings. The third-order valence-electron chi connectivity index (χ3n) is 4.90. The first-order valence-corrected chi connectivity index (χ1v) is 10.2. The lowest BCUT2D eigenvalue weighted by atomic mass is 10.1. The van der Waals surface area contributed by atoms with Crippen molar-refractivity contribution in [1.29, 1.82) is 0 Å². The Balaban J connectivity index is 1.66. The van der Waals surface area contributed by atoms with Gasteiger partial charge in [0.2, 0.25) is 0 Å². The molecule has 0 amide bonds. The third-order valence-corrected chi connectivity index (χ3v) is 5.15. The minimum Gasteiger partial charge on any atom is -0.465 e. The summed E-state index contributed by atoms with van der Waals surface area (Å²) in [7, 11) is 1.39. The summed E-state index contributed by atoms with van der Waals surface area (Å²) >= 11 is 5.46. The minimum atomic E-state index is -0.353. The molecule has 0 radical (unpaired) electrons. The highest BCUT2D eigenvalue weighted by atomic mass is 32.1. The molecule has 1 aromatic heterocycles. The van der Waals surface area contributed by atoms with Crippen LogP contribution in [-0.4, -0.2) is 34.5 Å². The van der Waals surface area contributed by atoms with E-state index in [1.54, 1.807) is 6.07 Å². The SMILES string of the molecule is COC(=O)c1ccccc1Cn1nc(C)c(NC(=S)NCCc2ccccc2)c1C. The molecule has 6 nitrogen and oxygen atoms in total. The monoisotopic (exact) mass is 422 g/mol. The number of rotatable bonds is 7. The molecule has 3 rings (SSSR count). The first kappa shape index (κ1) is 21.5. The zero-order valence-electron chi connectivity index (χ0n) is 17.4. The van der Waals surface area contributed by atoms with Gasteiger partial charge in [0.15, 0.2) is 5.11 Å². The summed E-state index contributed by atoms with van der Waals surface area (Å²) in [5.41, 5.74) is 5.32. The number of carbonyl (C=O) groups excluding carboxylic acids is 1. The van der Waals surface area contributed by atoms with Gasteiger partial charge >= 0.3 is 5.97 Å². The summed E-state index contributed by atoms with van der Waals surface area (Å²) in [6.45, 7) is 5.13. The van der Waals surface area contributed by atoms with E-state index in [1.807, 2.05) is 54.9 Å². The van der Waals surface area contributed by atoms with Crippen molar-refractivity contribution >= 4 is 29.0 Å². The number of aryl methyl sites for hydroxylation is 1. The molecule has 0 unspecified atom stereocenters. The Morgan fingerprint density at radius 2 is 1.80 bits per heavy atom. The number of nitrogens with zero attached hydrogens (tertiary/aromatic N) is 2. The van der Waals surface area contributed by atoms with Crippen molar-refractivity contribution in [1.82, 2.24) is 15.1 Å². The number of methoxy groups -OCH3 is 1. The van der Waals surface area contributed by atoms with Gasteiger partial charge in [0, 0.05) is 6.54 Å². The van der Waals surface area contributed by atoms with Crippen LogP contribution in [0.2, 0.25) is 0 Å². The molecular formula is C23H26N4O2S. The summed E-state index contributed by atoms with van der Waals surface area (Å²) in [6.07, 6.45) is 0.893. The number of hydrogen-bond donors (Lipinski definition) is 2.